The standard InChI is InChI=1S/C12H6Br2FNO/c13-7-5-9(14)11(16-6-7)12(17)8-3-1-2-4-10(8)15/h1-6H. The quantitative estimate of drug-likeness (QED) is 0.760. The zero-order chi connectivity index (χ0) is 12.4. The minimum Gasteiger partial charge on any atom is -0.287 e. The Hall–Kier alpha value is -1.07. The molecule has 0 aliphatic heterocycles. The van der Waals surface area contributed by atoms with E-state index in [9.17, 15) is 9.18 Å². The Kier molecular flexibility index (Phi) is 3.69. The van der Waals surface area contributed by atoms with Gasteiger partial charge in [0.05, 0.1) is 5.56 Å². The smallest absolute Gasteiger partial charge is 0.215 e. The van der Waals surface area contributed by atoms with Crippen LogP contribution in [0.4, 0.5) is 4.39 Å². The Morgan fingerprint density at radius 1 is 1.24 bits per heavy atom. The molecular formula is C12H6Br2FNO. The summed E-state index contributed by atoms with van der Waals surface area (Å²) in [5.41, 5.74) is 0.210. The van der Waals surface area contributed by atoms with Crippen LogP contribution in [-0.4, -0.2) is 10.8 Å². The van der Waals surface area contributed by atoms with Gasteiger partial charge in [0, 0.05) is 15.1 Å². The molecule has 0 amide bonds. The molecule has 0 fully saturated rings. The van der Waals surface area contributed by atoms with Gasteiger partial charge in [0.1, 0.15) is 11.5 Å². The summed E-state index contributed by atoms with van der Waals surface area (Å²) in [5.74, 6) is -0.989. The van der Waals surface area contributed by atoms with Gasteiger partial charge in [-0.3, -0.25) is 9.78 Å². The maximum absolute atomic E-state index is 13.5. The highest BCUT2D eigenvalue weighted by Gasteiger charge is 2.17. The Morgan fingerprint density at radius 2 is 1.94 bits per heavy atom. The van der Waals surface area contributed by atoms with Crippen molar-refractivity contribution in [3.05, 3.63) is 62.5 Å². The third-order valence-corrected chi connectivity index (χ3v) is 3.18. The number of pyridine rings is 1. The van der Waals surface area contributed by atoms with E-state index in [0.29, 0.717) is 4.47 Å². The number of ketones is 1. The van der Waals surface area contributed by atoms with Crippen molar-refractivity contribution >= 4 is 37.6 Å². The molecule has 17 heavy (non-hydrogen) atoms. The summed E-state index contributed by atoms with van der Waals surface area (Å²) in [5, 5.41) is 0. The van der Waals surface area contributed by atoms with Crippen molar-refractivity contribution in [2.45, 2.75) is 0 Å². The third kappa shape index (κ3) is 2.61. The second kappa shape index (κ2) is 5.06. The van der Waals surface area contributed by atoms with E-state index in [1.807, 2.05) is 0 Å². The Bertz CT molecular complexity index is 586. The maximum atomic E-state index is 13.5. The van der Waals surface area contributed by atoms with E-state index in [1.54, 1.807) is 12.1 Å². The van der Waals surface area contributed by atoms with Crippen LogP contribution in [0.15, 0.2) is 45.5 Å². The number of aromatic nitrogens is 1. The average Bonchev–Trinajstić information content (AvgIpc) is 2.29. The lowest BCUT2D eigenvalue weighted by Gasteiger charge is -2.04. The van der Waals surface area contributed by atoms with Crippen LogP contribution in [0.25, 0.3) is 0 Å². The molecule has 1 aromatic carbocycles. The highest BCUT2D eigenvalue weighted by Crippen LogP contribution is 2.22. The summed E-state index contributed by atoms with van der Waals surface area (Å²) in [4.78, 5) is 16.0. The predicted molar refractivity (Wildman–Crippen MR) is 69.5 cm³/mol. The number of halogens is 3. The van der Waals surface area contributed by atoms with Crippen molar-refractivity contribution in [3.63, 3.8) is 0 Å². The topological polar surface area (TPSA) is 30.0 Å². The van der Waals surface area contributed by atoms with Gasteiger partial charge in [0.15, 0.2) is 0 Å². The number of hydrogen-bond acceptors (Lipinski definition) is 2. The molecule has 2 rings (SSSR count). The Morgan fingerprint density at radius 3 is 2.59 bits per heavy atom. The van der Waals surface area contributed by atoms with E-state index in [-0.39, 0.29) is 11.3 Å². The molecule has 86 valence electrons. The van der Waals surface area contributed by atoms with Crippen LogP contribution in [-0.2, 0) is 0 Å². The summed E-state index contributed by atoms with van der Waals surface area (Å²) >= 11 is 6.47. The van der Waals surface area contributed by atoms with Gasteiger partial charge < -0.3 is 0 Å². The average molecular weight is 359 g/mol. The van der Waals surface area contributed by atoms with Crippen LogP contribution < -0.4 is 0 Å². The van der Waals surface area contributed by atoms with Gasteiger partial charge in [-0.05, 0) is 50.1 Å². The minimum absolute atomic E-state index is 0.0167. The van der Waals surface area contributed by atoms with Crippen LogP contribution in [0.3, 0.4) is 0 Å². The molecule has 0 unspecified atom stereocenters. The number of rotatable bonds is 2. The molecule has 0 bridgehead atoms. The summed E-state index contributed by atoms with van der Waals surface area (Å²) < 4.78 is 14.7. The van der Waals surface area contributed by atoms with Crippen molar-refractivity contribution in [1.29, 1.82) is 0 Å². The van der Waals surface area contributed by atoms with E-state index in [1.165, 1.54) is 24.4 Å². The van der Waals surface area contributed by atoms with Crippen molar-refractivity contribution in [2.24, 2.45) is 0 Å². The molecule has 0 saturated carbocycles. The van der Waals surface area contributed by atoms with Gasteiger partial charge in [0.25, 0.3) is 0 Å². The number of hydrogen-bond donors (Lipinski definition) is 0. The fourth-order valence-corrected chi connectivity index (χ4v) is 2.52. The van der Waals surface area contributed by atoms with E-state index in [0.717, 1.165) is 4.47 Å². The zero-order valence-electron chi connectivity index (χ0n) is 8.45. The van der Waals surface area contributed by atoms with Gasteiger partial charge in [-0.25, -0.2) is 4.39 Å². The molecular weight excluding hydrogens is 353 g/mol. The Labute approximate surface area is 114 Å². The first kappa shape index (κ1) is 12.4. The molecule has 2 nitrogen and oxygen atoms in total. The largest absolute Gasteiger partial charge is 0.287 e. The monoisotopic (exact) mass is 357 g/mol. The van der Waals surface area contributed by atoms with Gasteiger partial charge in [0.2, 0.25) is 5.78 Å². The van der Waals surface area contributed by atoms with Crippen LogP contribution in [0.5, 0.6) is 0 Å². The first-order chi connectivity index (χ1) is 8.09. The lowest BCUT2D eigenvalue weighted by molar-refractivity contribution is 0.103. The van der Waals surface area contributed by atoms with Crippen molar-refractivity contribution in [3.8, 4) is 0 Å². The van der Waals surface area contributed by atoms with Crippen LogP contribution in [0.2, 0.25) is 0 Å². The zero-order valence-corrected chi connectivity index (χ0v) is 11.6. The minimum atomic E-state index is -0.547. The first-order valence-corrected chi connectivity index (χ1v) is 6.28. The van der Waals surface area contributed by atoms with E-state index >= 15 is 0 Å². The summed E-state index contributed by atoms with van der Waals surface area (Å²) in [6, 6.07) is 7.54. The molecule has 0 aliphatic carbocycles. The first-order valence-electron chi connectivity index (χ1n) is 4.70. The van der Waals surface area contributed by atoms with E-state index in [2.05, 4.69) is 36.8 Å². The van der Waals surface area contributed by atoms with Crippen molar-refractivity contribution in [2.75, 3.05) is 0 Å². The van der Waals surface area contributed by atoms with Gasteiger partial charge in [-0.2, -0.15) is 0 Å². The molecule has 5 heteroatoms. The van der Waals surface area contributed by atoms with Gasteiger partial charge in [-0.15, -0.1) is 0 Å². The fourth-order valence-electron chi connectivity index (χ4n) is 1.35. The normalized spacial score (nSPS) is 10.3. The van der Waals surface area contributed by atoms with Crippen LogP contribution in [0.1, 0.15) is 16.1 Å². The fraction of sp³-hybridized carbons (Fsp3) is 0. The molecule has 0 saturated heterocycles. The maximum Gasteiger partial charge on any atom is 0.215 e. The molecule has 0 atom stereocenters. The highest BCUT2D eigenvalue weighted by atomic mass is 79.9. The summed E-state index contributed by atoms with van der Waals surface area (Å²) in [6.07, 6.45) is 1.50. The lowest BCUT2D eigenvalue weighted by Crippen LogP contribution is -2.07. The third-order valence-electron chi connectivity index (χ3n) is 2.14. The predicted octanol–water partition coefficient (Wildman–Crippen LogP) is 3.98. The second-order valence-electron chi connectivity index (χ2n) is 3.29. The molecule has 1 heterocycles. The molecule has 0 spiro atoms. The number of benzene rings is 1. The summed E-state index contributed by atoms with van der Waals surface area (Å²) in [6.45, 7) is 0. The molecule has 2 aromatic rings. The number of nitrogens with zero attached hydrogens (tertiary/aromatic N) is 1. The highest BCUT2D eigenvalue weighted by molar-refractivity contribution is 9.11. The van der Waals surface area contributed by atoms with Crippen molar-refractivity contribution in [1.82, 2.24) is 4.98 Å². The van der Waals surface area contributed by atoms with E-state index < -0.39 is 11.6 Å². The SMILES string of the molecule is O=C(c1ccccc1F)c1ncc(Br)cc1Br. The number of carbonyl (C=O) groups excluding carboxylic acids is 1. The lowest BCUT2D eigenvalue weighted by atomic mass is 10.1. The van der Waals surface area contributed by atoms with Crippen LogP contribution in [0, 0.1) is 5.82 Å². The molecule has 0 radical (unpaired) electrons. The van der Waals surface area contributed by atoms with Crippen LogP contribution >= 0.6 is 31.9 Å². The molecule has 0 aliphatic rings. The van der Waals surface area contributed by atoms with Crippen molar-refractivity contribution < 1.29 is 9.18 Å². The van der Waals surface area contributed by atoms with E-state index in [4.69, 9.17) is 0 Å². The van der Waals surface area contributed by atoms with Gasteiger partial charge in [-0.1, -0.05) is 12.1 Å². The molecule has 1 aromatic heterocycles. The summed E-state index contributed by atoms with van der Waals surface area (Å²) in [7, 11) is 0. The molecule has 0 N–H and O–H groups in total. The second-order valence-corrected chi connectivity index (χ2v) is 5.06. The number of carbonyl (C=O) groups is 1. The van der Waals surface area contributed by atoms with Gasteiger partial charge >= 0.3 is 0 Å². The Balaban J connectivity index is 2.48.